The van der Waals surface area contributed by atoms with E-state index in [0.717, 1.165) is 37.1 Å². The van der Waals surface area contributed by atoms with Crippen LogP contribution < -0.4 is 5.32 Å². The van der Waals surface area contributed by atoms with Crippen molar-refractivity contribution >= 4 is 11.4 Å². The highest BCUT2D eigenvalue weighted by Crippen LogP contribution is 2.23. The van der Waals surface area contributed by atoms with Crippen molar-refractivity contribution in [1.82, 2.24) is 0 Å². The van der Waals surface area contributed by atoms with Crippen LogP contribution in [0.4, 0.5) is 11.4 Å². The van der Waals surface area contributed by atoms with Crippen LogP contribution in [0.15, 0.2) is 18.2 Å². The molecule has 0 heterocycles. The molecule has 5 heteroatoms. The van der Waals surface area contributed by atoms with E-state index in [4.69, 9.17) is 4.74 Å². The molecule has 0 aliphatic rings. The SMILES string of the molecule is CCCNc1ccc([N+](=O)[O-])cc1COCCCC(C)C. The molecule has 0 bridgehead atoms. The third-order valence-electron chi connectivity index (χ3n) is 3.19. The van der Waals surface area contributed by atoms with Gasteiger partial charge in [-0.25, -0.2) is 0 Å². The predicted octanol–water partition coefficient (Wildman–Crippen LogP) is 4.37. The van der Waals surface area contributed by atoms with Crippen molar-refractivity contribution < 1.29 is 9.66 Å². The number of hydrogen-bond acceptors (Lipinski definition) is 4. The van der Waals surface area contributed by atoms with Crippen molar-refractivity contribution in [2.24, 2.45) is 5.92 Å². The van der Waals surface area contributed by atoms with Crippen molar-refractivity contribution in [1.29, 1.82) is 0 Å². The van der Waals surface area contributed by atoms with Crippen LogP contribution >= 0.6 is 0 Å². The van der Waals surface area contributed by atoms with Gasteiger partial charge < -0.3 is 10.1 Å². The van der Waals surface area contributed by atoms with E-state index in [2.05, 4.69) is 26.1 Å². The second-order valence-electron chi connectivity index (χ2n) is 5.61. The quantitative estimate of drug-likeness (QED) is 0.395. The number of benzene rings is 1. The first-order valence-electron chi connectivity index (χ1n) is 7.63. The van der Waals surface area contributed by atoms with E-state index in [0.29, 0.717) is 19.1 Å². The average molecular weight is 294 g/mol. The van der Waals surface area contributed by atoms with Crippen LogP contribution in [0.25, 0.3) is 0 Å². The topological polar surface area (TPSA) is 64.4 Å². The van der Waals surface area contributed by atoms with Crippen molar-refractivity contribution in [2.75, 3.05) is 18.5 Å². The van der Waals surface area contributed by atoms with Crippen LogP contribution in [0.3, 0.4) is 0 Å². The summed E-state index contributed by atoms with van der Waals surface area (Å²) >= 11 is 0. The maximum absolute atomic E-state index is 10.9. The lowest BCUT2D eigenvalue weighted by atomic mass is 10.1. The lowest BCUT2D eigenvalue weighted by Crippen LogP contribution is -2.06. The van der Waals surface area contributed by atoms with Gasteiger partial charge in [-0.2, -0.15) is 0 Å². The molecule has 0 fully saturated rings. The monoisotopic (exact) mass is 294 g/mol. The minimum absolute atomic E-state index is 0.109. The summed E-state index contributed by atoms with van der Waals surface area (Å²) < 4.78 is 5.66. The summed E-state index contributed by atoms with van der Waals surface area (Å²) in [6.45, 7) is 8.40. The molecule has 0 aromatic heterocycles. The number of ether oxygens (including phenoxy) is 1. The Bertz CT molecular complexity index is 447. The molecule has 21 heavy (non-hydrogen) atoms. The first-order valence-corrected chi connectivity index (χ1v) is 7.63. The summed E-state index contributed by atoms with van der Waals surface area (Å²) in [4.78, 5) is 10.5. The van der Waals surface area contributed by atoms with E-state index in [-0.39, 0.29) is 10.6 Å². The van der Waals surface area contributed by atoms with Crippen LogP contribution in [-0.2, 0) is 11.3 Å². The summed E-state index contributed by atoms with van der Waals surface area (Å²) in [7, 11) is 0. The molecule has 0 saturated carbocycles. The average Bonchev–Trinajstić information content (AvgIpc) is 2.44. The van der Waals surface area contributed by atoms with Crippen LogP contribution in [0, 0.1) is 16.0 Å². The van der Waals surface area contributed by atoms with Gasteiger partial charge in [0.2, 0.25) is 0 Å². The Morgan fingerprint density at radius 1 is 1.38 bits per heavy atom. The van der Waals surface area contributed by atoms with Crippen LogP contribution in [-0.4, -0.2) is 18.1 Å². The van der Waals surface area contributed by atoms with Crippen LogP contribution in [0.5, 0.6) is 0 Å². The van der Waals surface area contributed by atoms with E-state index in [1.165, 1.54) is 6.07 Å². The van der Waals surface area contributed by atoms with Gasteiger partial charge in [-0.15, -0.1) is 0 Å². The molecule has 118 valence electrons. The zero-order valence-electron chi connectivity index (χ0n) is 13.2. The molecular formula is C16H26N2O3. The van der Waals surface area contributed by atoms with Gasteiger partial charge in [-0.05, 0) is 31.2 Å². The lowest BCUT2D eigenvalue weighted by molar-refractivity contribution is -0.384. The highest BCUT2D eigenvalue weighted by Gasteiger charge is 2.10. The van der Waals surface area contributed by atoms with E-state index in [9.17, 15) is 10.1 Å². The highest BCUT2D eigenvalue weighted by molar-refractivity contribution is 5.55. The predicted molar refractivity (Wildman–Crippen MR) is 85.6 cm³/mol. The van der Waals surface area contributed by atoms with Crippen molar-refractivity contribution in [3.8, 4) is 0 Å². The number of nitro groups is 1. The number of hydrogen-bond donors (Lipinski definition) is 1. The molecule has 1 aromatic rings. The van der Waals surface area contributed by atoms with Gasteiger partial charge in [0.1, 0.15) is 0 Å². The summed E-state index contributed by atoms with van der Waals surface area (Å²) in [5.74, 6) is 0.674. The molecule has 0 spiro atoms. The minimum Gasteiger partial charge on any atom is -0.385 e. The first-order chi connectivity index (χ1) is 10.0. The van der Waals surface area contributed by atoms with E-state index < -0.39 is 0 Å². The number of anilines is 1. The smallest absolute Gasteiger partial charge is 0.269 e. The zero-order valence-corrected chi connectivity index (χ0v) is 13.2. The van der Waals surface area contributed by atoms with Gasteiger partial charge in [0.05, 0.1) is 11.5 Å². The number of rotatable bonds is 10. The Morgan fingerprint density at radius 3 is 2.76 bits per heavy atom. The van der Waals surface area contributed by atoms with Crippen molar-refractivity contribution in [3.05, 3.63) is 33.9 Å². The molecular weight excluding hydrogens is 268 g/mol. The molecule has 0 aliphatic carbocycles. The Kier molecular flexibility index (Phi) is 7.75. The Hall–Kier alpha value is -1.62. The number of nitrogens with one attached hydrogen (secondary N) is 1. The first kappa shape index (κ1) is 17.4. The fourth-order valence-electron chi connectivity index (χ4n) is 2.02. The van der Waals surface area contributed by atoms with E-state index >= 15 is 0 Å². The maximum atomic E-state index is 10.9. The molecule has 1 rings (SSSR count). The van der Waals surface area contributed by atoms with Crippen LogP contribution in [0.2, 0.25) is 0 Å². The summed E-state index contributed by atoms with van der Waals surface area (Å²) in [5, 5.41) is 14.2. The van der Waals surface area contributed by atoms with Crippen molar-refractivity contribution in [3.63, 3.8) is 0 Å². The molecule has 1 N–H and O–H groups in total. The summed E-state index contributed by atoms with van der Waals surface area (Å²) in [6, 6.07) is 4.89. The normalized spacial score (nSPS) is 10.9. The molecule has 0 saturated heterocycles. The summed E-state index contributed by atoms with van der Waals surface area (Å²) in [5.41, 5.74) is 1.88. The van der Waals surface area contributed by atoms with Crippen LogP contribution in [0.1, 0.15) is 45.6 Å². The fraction of sp³-hybridized carbons (Fsp3) is 0.625. The molecule has 0 atom stereocenters. The number of nitrogens with zero attached hydrogens (tertiary/aromatic N) is 1. The number of non-ortho nitro benzene ring substituents is 1. The third kappa shape index (κ3) is 6.58. The summed E-state index contributed by atoms with van der Waals surface area (Å²) in [6.07, 6.45) is 3.16. The van der Waals surface area contributed by atoms with Crippen molar-refractivity contribution in [2.45, 2.75) is 46.6 Å². The lowest BCUT2D eigenvalue weighted by Gasteiger charge is -2.12. The Balaban J connectivity index is 2.62. The van der Waals surface area contributed by atoms with Gasteiger partial charge >= 0.3 is 0 Å². The van der Waals surface area contributed by atoms with Gasteiger partial charge in [0, 0.05) is 36.5 Å². The maximum Gasteiger partial charge on any atom is 0.269 e. The zero-order chi connectivity index (χ0) is 15.7. The molecule has 1 aromatic carbocycles. The van der Waals surface area contributed by atoms with E-state index in [1.54, 1.807) is 12.1 Å². The Morgan fingerprint density at radius 2 is 2.14 bits per heavy atom. The molecule has 0 amide bonds. The van der Waals surface area contributed by atoms with E-state index in [1.807, 2.05) is 0 Å². The highest BCUT2D eigenvalue weighted by atomic mass is 16.6. The third-order valence-corrected chi connectivity index (χ3v) is 3.19. The van der Waals surface area contributed by atoms with Gasteiger partial charge in [0.15, 0.2) is 0 Å². The Labute approximate surface area is 126 Å². The second-order valence-corrected chi connectivity index (χ2v) is 5.61. The second kappa shape index (κ2) is 9.34. The molecule has 5 nitrogen and oxygen atoms in total. The molecule has 0 aliphatic heterocycles. The van der Waals surface area contributed by atoms with Gasteiger partial charge in [-0.3, -0.25) is 10.1 Å². The fourth-order valence-corrected chi connectivity index (χ4v) is 2.02. The largest absolute Gasteiger partial charge is 0.385 e. The molecule has 0 unspecified atom stereocenters. The number of nitro benzene ring substituents is 1. The van der Waals surface area contributed by atoms with Gasteiger partial charge in [0.25, 0.3) is 5.69 Å². The van der Waals surface area contributed by atoms with Gasteiger partial charge in [-0.1, -0.05) is 20.8 Å². The minimum atomic E-state index is -0.369. The molecule has 0 radical (unpaired) electrons. The standard InChI is InChI=1S/C16H26N2O3/c1-4-9-17-16-8-7-15(18(19)20)11-14(16)12-21-10-5-6-13(2)3/h7-8,11,13,17H,4-6,9-10,12H2,1-3H3.